The zero-order valence-corrected chi connectivity index (χ0v) is 18.4. The Bertz CT molecular complexity index is 1090. The van der Waals surface area contributed by atoms with Gasteiger partial charge in [0.15, 0.2) is 0 Å². The Kier molecular flexibility index (Phi) is 6.73. The number of carbonyl (C=O) groups is 1. The Hall–Kier alpha value is -2.50. The number of H-pyrrole nitrogens is 1. The summed E-state index contributed by atoms with van der Waals surface area (Å²) >= 11 is 1.17. The molecule has 0 bridgehead atoms. The first-order valence-corrected chi connectivity index (χ1v) is 11.8. The van der Waals surface area contributed by atoms with E-state index in [0.717, 1.165) is 25.7 Å². The highest BCUT2D eigenvalue weighted by Crippen LogP contribution is 2.37. The average molecular weight is 489 g/mol. The van der Waals surface area contributed by atoms with Crippen LogP contribution in [0, 0.1) is 5.82 Å². The van der Waals surface area contributed by atoms with Gasteiger partial charge in [-0.1, -0.05) is 12.8 Å². The Balaban J connectivity index is 1.49. The van der Waals surface area contributed by atoms with Crippen LogP contribution in [0.1, 0.15) is 44.3 Å². The molecule has 2 aromatic rings. The van der Waals surface area contributed by atoms with Crippen molar-refractivity contribution in [2.75, 3.05) is 11.9 Å². The molecule has 12 heteroatoms. The van der Waals surface area contributed by atoms with Gasteiger partial charge in [0.2, 0.25) is 0 Å². The van der Waals surface area contributed by atoms with Crippen LogP contribution in [0.4, 0.5) is 28.0 Å². The summed E-state index contributed by atoms with van der Waals surface area (Å²) in [7, 11) is 0. The van der Waals surface area contributed by atoms with Crippen molar-refractivity contribution in [3.05, 3.63) is 34.1 Å². The third kappa shape index (κ3) is 5.36. The first-order valence-electron chi connectivity index (χ1n) is 10.8. The number of carboxylic acid groups (broad SMARTS) is 1. The normalized spacial score (nSPS) is 22.1. The summed E-state index contributed by atoms with van der Waals surface area (Å²) in [5.41, 5.74) is 0.0794. The summed E-state index contributed by atoms with van der Waals surface area (Å²) in [4.78, 5) is 30.9. The number of rotatable bonds is 5. The van der Waals surface area contributed by atoms with Gasteiger partial charge in [0.25, 0.3) is 5.56 Å². The lowest BCUT2D eigenvalue weighted by Gasteiger charge is -2.38. The molecule has 1 saturated heterocycles. The van der Waals surface area contributed by atoms with Crippen molar-refractivity contribution in [1.82, 2.24) is 14.9 Å². The molecule has 0 radical (unpaired) electrons. The fourth-order valence-corrected chi connectivity index (χ4v) is 5.67. The molecule has 2 unspecified atom stereocenters. The van der Waals surface area contributed by atoms with Gasteiger partial charge >= 0.3 is 12.3 Å². The van der Waals surface area contributed by atoms with Crippen LogP contribution < -0.4 is 10.9 Å². The van der Waals surface area contributed by atoms with E-state index in [9.17, 15) is 27.2 Å². The maximum Gasteiger partial charge on any atom is 0.408 e. The first kappa shape index (κ1) is 23.7. The predicted octanol–water partition coefficient (Wildman–Crippen LogP) is 4.72. The summed E-state index contributed by atoms with van der Waals surface area (Å²) in [5.74, 6) is -0.329. The molecule has 2 fully saturated rings. The Morgan fingerprint density at radius 2 is 2.00 bits per heavy atom. The molecule has 7 nitrogen and oxygen atoms in total. The first-order chi connectivity index (χ1) is 15.6. The highest BCUT2D eigenvalue weighted by molar-refractivity contribution is 7.99. The standard InChI is InChI=1S/C21H24F4N4O3S/c22-14-7-12(26-11-3-1-2-4-11)8-15-18(14)19(30)28-17(27-15)10-33-13-5-6-29(20(31)32)16(9-13)21(23,24)25/h7-8,11,13,16,26H,1-6,9-10H2,(H,31,32)(H,27,28,30). The molecule has 4 rings (SSSR count). The molecule has 1 amide bonds. The zero-order chi connectivity index (χ0) is 23.8. The third-order valence-electron chi connectivity index (χ3n) is 6.17. The van der Waals surface area contributed by atoms with Gasteiger partial charge in [-0.3, -0.25) is 9.69 Å². The molecule has 2 aliphatic rings. The van der Waals surface area contributed by atoms with Crippen LogP contribution >= 0.6 is 11.8 Å². The molecule has 0 spiro atoms. The molecule has 3 N–H and O–H groups in total. The van der Waals surface area contributed by atoms with E-state index in [2.05, 4.69) is 15.3 Å². The van der Waals surface area contributed by atoms with Crippen LogP contribution in [-0.4, -0.2) is 56.1 Å². The summed E-state index contributed by atoms with van der Waals surface area (Å²) in [6.45, 7) is -0.222. The summed E-state index contributed by atoms with van der Waals surface area (Å²) in [5, 5.41) is 11.7. The van der Waals surface area contributed by atoms with E-state index in [1.54, 1.807) is 6.07 Å². The lowest BCUT2D eigenvalue weighted by atomic mass is 10.0. The number of aromatic nitrogens is 2. The fourth-order valence-electron chi connectivity index (χ4n) is 4.55. The number of piperidine rings is 1. The number of aromatic amines is 1. The second kappa shape index (κ2) is 9.40. The van der Waals surface area contributed by atoms with Crippen molar-refractivity contribution < 1.29 is 27.5 Å². The van der Waals surface area contributed by atoms with E-state index in [0.29, 0.717) is 10.6 Å². The van der Waals surface area contributed by atoms with Crippen LogP contribution in [0.15, 0.2) is 16.9 Å². The Labute approximate surface area is 190 Å². The predicted molar refractivity (Wildman–Crippen MR) is 117 cm³/mol. The molecule has 1 aliphatic carbocycles. The minimum Gasteiger partial charge on any atom is -0.465 e. The number of likely N-dealkylation sites (tertiary alicyclic amines) is 1. The fraction of sp³-hybridized carbons (Fsp3) is 0.571. The van der Waals surface area contributed by atoms with E-state index in [4.69, 9.17) is 5.11 Å². The van der Waals surface area contributed by atoms with Gasteiger partial charge in [-0.2, -0.15) is 24.9 Å². The molecule has 2 heterocycles. The zero-order valence-electron chi connectivity index (χ0n) is 17.6. The largest absolute Gasteiger partial charge is 0.465 e. The second-order valence-electron chi connectivity index (χ2n) is 8.48. The molecular formula is C21H24F4N4O3S. The van der Waals surface area contributed by atoms with Crippen molar-refractivity contribution >= 4 is 34.4 Å². The van der Waals surface area contributed by atoms with Gasteiger partial charge in [0.05, 0.1) is 11.3 Å². The number of anilines is 1. The highest BCUT2D eigenvalue weighted by Gasteiger charge is 2.48. The number of nitrogens with one attached hydrogen (secondary N) is 2. The number of hydrogen-bond acceptors (Lipinski definition) is 5. The van der Waals surface area contributed by atoms with Gasteiger partial charge in [0.1, 0.15) is 23.1 Å². The topological polar surface area (TPSA) is 98.3 Å². The summed E-state index contributed by atoms with van der Waals surface area (Å²) in [6, 6.07) is 1.07. The number of benzene rings is 1. The van der Waals surface area contributed by atoms with Crippen molar-refractivity contribution in [3.63, 3.8) is 0 Å². The molecular weight excluding hydrogens is 464 g/mol. The number of thioether (sulfide) groups is 1. The van der Waals surface area contributed by atoms with E-state index < -0.39 is 34.9 Å². The Morgan fingerprint density at radius 3 is 2.67 bits per heavy atom. The minimum absolute atomic E-state index is 0.120. The van der Waals surface area contributed by atoms with Crippen LogP contribution in [0.3, 0.4) is 0 Å². The van der Waals surface area contributed by atoms with Crippen LogP contribution in [0.25, 0.3) is 10.9 Å². The third-order valence-corrected chi connectivity index (χ3v) is 7.51. The van der Waals surface area contributed by atoms with Gasteiger partial charge in [-0.15, -0.1) is 0 Å². The number of alkyl halides is 3. The number of halogens is 4. The van der Waals surface area contributed by atoms with Crippen molar-refractivity contribution in [1.29, 1.82) is 0 Å². The number of fused-ring (bicyclic) bond motifs is 1. The molecule has 1 aromatic heterocycles. The average Bonchev–Trinajstić information content (AvgIpc) is 3.23. The maximum atomic E-state index is 14.6. The lowest BCUT2D eigenvalue weighted by molar-refractivity contribution is -0.184. The smallest absolute Gasteiger partial charge is 0.408 e. The summed E-state index contributed by atoms with van der Waals surface area (Å²) < 4.78 is 54.5. The van der Waals surface area contributed by atoms with Crippen LogP contribution in [0.5, 0.6) is 0 Å². The van der Waals surface area contributed by atoms with E-state index in [1.807, 2.05) is 0 Å². The molecule has 180 valence electrons. The van der Waals surface area contributed by atoms with E-state index in [1.165, 1.54) is 17.8 Å². The van der Waals surface area contributed by atoms with E-state index in [-0.39, 0.29) is 47.9 Å². The van der Waals surface area contributed by atoms with Gasteiger partial charge < -0.3 is 15.4 Å². The van der Waals surface area contributed by atoms with Crippen molar-refractivity contribution in [3.8, 4) is 0 Å². The molecule has 33 heavy (non-hydrogen) atoms. The second-order valence-corrected chi connectivity index (χ2v) is 9.77. The molecule has 1 aliphatic heterocycles. The molecule has 1 saturated carbocycles. The van der Waals surface area contributed by atoms with Gasteiger partial charge in [-0.05, 0) is 37.8 Å². The van der Waals surface area contributed by atoms with Crippen LogP contribution in [0.2, 0.25) is 0 Å². The molecule has 1 aromatic carbocycles. The van der Waals surface area contributed by atoms with Crippen molar-refractivity contribution in [2.45, 2.75) is 67.8 Å². The Morgan fingerprint density at radius 1 is 1.27 bits per heavy atom. The summed E-state index contributed by atoms with van der Waals surface area (Å²) in [6.07, 6.45) is -2.18. The highest BCUT2D eigenvalue weighted by atomic mass is 32.2. The van der Waals surface area contributed by atoms with Crippen molar-refractivity contribution in [2.24, 2.45) is 0 Å². The maximum absolute atomic E-state index is 14.6. The minimum atomic E-state index is -4.66. The van der Waals surface area contributed by atoms with Gasteiger partial charge in [-0.25, -0.2) is 14.2 Å². The SMILES string of the molecule is O=C(O)N1CCC(SCc2nc3cc(NC4CCCC4)cc(F)c3c(=O)[nH]2)CC1C(F)(F)F. The number of hydrogen-bond donors (Lipinski definition) is 3. The molecule has 2 atom stereocenters. The van der Waals surface area contributed by atoms with E-state index >= 15 is 0 Å². The number of amides is 1. The quantitative estimate of drug-likeness (QED) is 0.527. The van der Waals surface area contributed by atoms with Gasteiger partial charge in [0, 0.05) is 23.5 Å². The monoisotopic (exact) mass is 488 g/mol. The number of nitrogens with zero attached hydrogens (tertiary/aromatic N) is 2. The van der Waals surface area contributed by atoms with Crippen LogP contribution in [-0.2, 0) is 5.75 Å². The lowest BCUT2D eigenvalue weighted by Crippen LogP contribution is -2.53.